The van der Waals surface area contributed by atoms with Crippen molar-refractivity contribution in [3.63, 3.8) is 0 Å². The summed E-state index contributed by atoms with van der Waals surface area (Å²) in [5.74, 6) is 3.70. The van der Waals surface area contributed by atoms with Crippen LogP contribution in [0.5, 0.6) is 0 Å². The predicted molar refractivity (Wildman–Crippen MR) is 86.2 cm³/mol. The van der Waals surface area contributed by atoms with E-state index in [-0.39, 0.29) is 0 Å². The molecule has 3 atom stereocenters. The van der Waals surface area contributed by atoms with E-state index in [4.69, 9.17) is 4.42 Å². The molecule has 0 aliphatic heterocycles. The fourth-order valence-electron chi connectivity index (χ4n) is 2.99. The zero-order valence-corrected chi connectivity index (χ0v) is 13.0. The van der Waals surface area contributed by atoms with Gasteiger partial charge in [0.1, 0.15) is 11.5 Å². The van der Waals surface area contributed by atoms with Gasteiger partial charge in [0.2, 0.25) is 0 Å². The Morgan fingerprint density at radius 3 is 2.62 bits per heavy atom. The van der Waals surface area contributed by atoms with Crippen molar-refractivity contribution in [2.75, 3.05) is 0 Å². The topological polar surface area (TPSA) is 25.2 Å². The monoisotopic (exact) mass is 283 g/mol. The molecule has 1 fully saturated rings. The van der Waals surface area contributed by atoms with Crippen LogP contribution < -0.4 is 5.32 Å². The predicted octanol–water partition coefficient (Wildman–Crippen LogP) is 5.03. The van der Waals surface area contributed by atoms with E-state index in [1.807, 2.05) is 0 Å². The summed E-state index contributed by atoms with van der Waals surface area (Å²) in [6.45, 7) is 5.33. The summed E-state index contributed by atoms with van der Waals surface area (Å²) < 4.78 is 5.98. The first kappa shape index (κ1) is 14.4. The quantitative estimate of drug-likeness (QED) is 0.770. The number of nitrogens with one attached hydrogen (secondary N) is 1. The highest BCUT2D eigenvalue weighted by molar-refractivity contribution is 5.20. The Morgan fingerprint density at radius 2 is 1.95 bits per heavy atom. The second kappa shape index (κ2) is 6.48. The van der Waals surface area contributed by atoms with Crippen LogP contribution in [0, 0.1) is 5.92 Å². The van der Waals surface area contributed by atoms with Gasteiger partial charge in [-0.25, -0.2) is 0 Å². The highest BCUT2D eigenvalue weighted by Crippen LogP contribution is 2.47. The maximum atomic E-state index is 5.98. The SMILES string of the molecule is CCCC(NCc1ccc(C2CC2C)o1)c1ccccc1. The lowest BCUT2D eigenvalue weighted by atomic mass is 10.0. The van der Waals surface area contributed by atoms with E-state index in [1.54, 1.807) is 0 Å². The Balaban J connectivity index is 1.60. The number of benzene rings is 1. The summed E-state index contributed by atoms with van der Waals surface area (Å²) in [4.78, 5) is 0. The summed E-state index contributed by atoms with van der Waals surface area (Å²) in [6, 6.07) is 15.4. The molecule has 0 bridgehead atoms. The Morgan fingerprint density at radius 1 is 1.19 bits per heavy atom. The lowest BCUT2D eigenvalue weighted by Crippen LogP contribution is -2.20. The Kier molecular flexibility index (Phi) is 4.45. The molecule has 1 heterocycles. The van der Waals surface area contributed by atoms with Crippen molar-refractivity contribution in [1.29, 1.82) is 0 Å². The van der Waals surface area contributed by atoms with E-state index in [9.17, 15) is 0 Å². The average molecular weight is 283 g/mol. The van der Waals surface area contributed by atoms with Gasteiger partial charge in [0.25, 0.3) is 0 Å². The fraction of sp³-hybridized carbons (Fsp3) is 0.474. The second-order valence-corrected chi connectivity index (χ2v) is 6.26. The van der Waals surface area contributed by atoms with Gasteiger partial charge in [-0.2, -0.15) is 0 Å². The summed E-state index contributed by atoms with van der Waals surface area (Å²) >= 11 is 0. The zero-order chi connectivity index (χ0) is 14.7. The Labute approximate surface area is 127 Å². The first-order valence-electron chi connectivity index (χ1n) is 8.15. The number of furan rings is 1. The van der Waals surface area contributed by atoms with E-state index in [0.29, 0.717) is 12.0 Å². The number of hydrogen-bond acceptors (Lipinski definition) is 2. The van der Waals surface area contributed by atoms with Crippen LogP contribution in [0.25, 0.3) is 0 Å². The minimum absolute atomic E-state index is 0.407. The molecule has 2 nitrogen and oxygen atoms in total. The molecule has 0 radical (unpaired) electrons. The van der Waals surface area contributed by atoms with Gasteiger partial charge in [0.05, 0.1) is 6.54 Å². The van der Waals surface area contributed by atoms with Gasteiger partial charge in [-0.1, -0.05) is 50.6 Å². The molecule has 1 aromatic carbocycles. The maximum Gasteiger partial charge on any atom is 0.117 e. The average Bonchev–Trinajstić information content (AvgIpc) is 3.06. The van der Waals surface area contributed by atoms with Crippen molar-refractivity contribution in [3.05, 3.63) is 59.5 Å². The Bertz CT molecular complexity index is 560. The van der Waals surface area contributed by atoms with Crippen molar-refractivity contribution in [3.8, 4) is 0 Å². The van der Waals surface area contributed by atoms with Gasteiger partial charge >= 0.3 is 0 Å². The van der Waals surface area contributed by atoms with Crippen LogP contribution in [0.2, 0.25) is 0 Å². The van der Waals surface area contributed by atoms with Crippen molar-refractivity contribution >= 4 is 0 Å². The van der Waals surface area contributed by atoms with Gasteiger partial charge in [-0.15, -0.1) is 0 Å². The molecule has 1 saturated carbocycles. The molecule has 21 heavy (non-hydrogen) atoms. The third kappa shape index (κ3) is 3.56. The van der Waals surface area contributed by atoms with Crippen LogP contribution in [-0.2, 0) is 6.54 Å². The number of hydrogen-bond donors (Lipinski definition) is 1. The molecular weight excluding hydrogens is 258 g/mol. The van der Waals surface area contributed by atoms with Crippen LogP contribution in [0.1, 0.15) is 62.2 Å². The van der Waals surface area contributed by atoms with Crippen LogP contribution in [0.15, 0.2) is 46.9 Å². The normalized spacial score (nSPS) is 22.2. The van der Waals surface area contributed by atoms with Gasteiger partial charge in [0, 0.05) is 12.0 Å². The molecular formula is C19H25NO. The van der Waals surface area contributed by atoms with E-state index in [2.05, 4.69) is 61.6 Å². The van der Waals surface area contributed by atoms with Crippen LogP contribution >= 0.6 is 0 Å². The number of rotatable bonds is 7. The van der Waals surface area contributed by atoms with Crippen molar-refractivity contribution in [2.45, 2.75) is 51.6 Å². The van der Waals surface area contributed by atoms with Gasteiger partial charge in [-0.3, -0.25) is 0 Å². The summed E-state index contributed by atoms with van der Waals surface area (Å²) in [6.07, 6.45) is 3.61. The molecule has 1 N–H and O–H groups in total. The summed E-state index contributed by atoms with van der Waals surface area (Å²) in [7, 11) is 0. The van der Waals surface area contributed by atoms with Crippen LogP contribution in [0.4, 0.5) is 0 Å². The molecule has 1 aromatic heterocycles. The van der Waals surface area contributed by atoms with E-state index in [0.717, 1.165) is 24.6 Å². The fourth-order valence-corrected chi connectivity index (χ4v) is 2.99. The standard InChI is InChI=1S/C19H25NO/c1-3-7-18(15-8-5-4-6-9-15)20-13-16-10-11-19(21-16)17-12-14(17)2/h4-6,8-11,14,17-18,20H,3,7,12-13H2,1-2H3. The van der Waals surface area contributed by atoms with Gasteiger partial charge in [0.15, 0.2) is 0 Å². The third-order valence-corrected chi connectivity index (χ3v) is 4.46. The highest BCUT2D eigenvalue weighted by atomic mass is 16.3. The third-order valence-electron chi connectivity index (χ3n) is 4.46. The minimum atomic E-state index is 0.407. The Hall–Kier alpha value is -1.54. The summed E-state index contributed by atoms with van der Waals surface area (Å²) in [5, 5.41) is 3.64. The molecule has 2 heteroatoms. The highest BCUT2D eigenvalue weighted by Gasteiger charge is 2.36. The molecule has 112 valence electrons. The molecule has 0 saturated heterocycles. The van der Waals surface area contributed by atoms with Gasteiger partial charge < -0.3 is 9.73 Å². The van der Waals surface area contributed by atoms with Crippen molar-refractivity contribution < 1.29 is 4.42 Å². The first-order chi connectivity index (χ1) is 10.3. The second-order valence-electron chi connectivity index (χ2n) is 6.26. The van der Waals surface area contributed by atoms with Crippen LogP contribution in [-0.4, -0.2) is 0 Å². The molecule has 0 amide bonds. The molecule has 1 aliphatic rings. The van der Waals surface area contributed by atoms with Crippen LogP contribution in [0.3, 0.4) is 0 Å². The molecule has 0 spiro atoms. The minimum Gasteiger partial charge on any atom is -0.464 e. The molecule has 3 unspecified atom stereocenters. The lowest BCUT2D eigenvalue weighted by Gasteiger charge is -2.17. The van der Waals surface area contributed by atoms with Crippen molar-refractivity contribution in [1.82, 2.24) is 5.32 Å². The smallest absolute Gasteiger partial charge is 0.117 e. The van der Waals surface area contributed by atoms with Gasteiger partial charge in [-0.05, 0) is 36.5 Å². The molecule has 2 aromatic rings. The largest absolute Gasteiger partial charge is 0.464 e. The molecule has 1 aliphatic carbocycles. The first-order valence-corrected chi connectivity index (χ1v) is 8.15. The van der Waals surface area contributed by atoms with Crippen molar-refractivity contribution in [2.24, 2.45) is 5.92 Å². The lowest BCUT2D eigenvalue weighted by molar-refractivity contribution is 0.413. The zero-order valence-electron chi connectivity index (χ0n) is 13.0. The van der Waals surface area contributed by atoms with E-state index in [1.165, 1.54) is 24.2 Å². The maximum absolute atomic E-state index is 5.98. The summed E-state index contributed by atoms with van der Waals surface area (Å²) in [5.41, 5.74) is 1.36. The molecule has 3 rings (SSSR count). The van der Waals surface area contributed by atoms with E-state index >= 15 is 0 Å². The van der Waals surface area contributed by atoms with E-state index < -0.39 is 0 Å².